The van der Waals surface area contributed by atoms with Crippen LogP contribution < -0.4 is 4.74 Å². The third-order valence-electron chi connectivity index (χ3n) is 3.08. The van der Waals surface area contributed by atoms with Crippen molar-refractivity contribution < 1.29 is 18.7 Å². The molecule has 18 heavy (non-hydrogen) atoms. The van der Waals surface area contributed by atoms with Crippen molar-refractivity contribution in [1.29, 1.82) is 0 Å². The van der Waals surface area contributed by atoms with Crippen LogP contribution in [0.1, 0.15) is 30.1 Å². The first kappa shape index (κ1) is 13.0. The van der Waals surface area contributed by atoms with Crippen molar-refractivity contribution in [3.63, 3.8) is 0 Å². The van der Waals surface area contributed by atoms with Crippen LogP contribution in [0.25, 0.3) is 0 Å². The maximum Gasteiger partial charge on any atom is 0.195 e. The standard InChI is InChI=1S/C14H17FO3/c1-3-18-14(9-4-5-9)13(16)11-8-10(15)6-7-12(11)17-2/h6-9,14H,3-5H2,1-2H3. The Bertz CT molecular complexity index is 441. The molecule has 0 heterocycles. The molecule has 0 spiro atoms. The first-order valence-corrected chi connectivity index (χ1v) is 6.16. The fourth-order valence-corrected chi connectivity index (χ4v) is 2.03. The van der Waals surface area contributed by atoms with Gasteiger partial charge in [0.25, 0.3) is 0 Å². The summed E-state index contributed by atoms with van der Waals surface area (Å²) in [6.45, 7) is 2.33. The lowest BCUT2D eigenvalue weighted by atomic mass is 10.0. The molecule has 1 saturated carbocycles. The molecule has 3 nitrogen and oxygen atoms in total. The quantitative estimate of drug-likeness (QED) is 0.730. The Morgan fingerprint density at radius 1 is 1.50 bits per heavy atom. The van der Waals surface area contributed by atoms with Gasteiger partial charge in [-0.05, 0) is 43.9 Å². The van der Waals surface area contributed by atoms with Crippen LogP contribution >= 0.6 is 0 Å². The predicted octanol–water partition coefficient (Wildman–Crippen LogP) is 2.83. The second-order valence-corrected chi connectivity index (χ2v) is 4.42. The van der Waals surface area contributed by atoms with Gasteiger partial charge in [0.15, 0.2) is 5.78 Å². The normalized spacial score (nSPS) is 16.4. The summed E-state index contributed by atoms with van der Waals surface area (Å²) >= 11 is 0. The number of ketones is 1. The van der Waals surface area contributed by atoms with Crippen LogP contribution in [0.3, 0.4) is 0 Å². The zero-order valence-corrected chi connectivity index (χ0v) is 10.6. The van der Waals surface area contributed by atoms with Crippen molar-refractivity contribution in [3.8, 4) is 5.75 Å². The fraction of sp³-hybridized carbons (Fsp3) is 0.500. The van der Waals surface area contributed by atoms with Crippen LogP contribution in [-0.4, -0.2) is 25.6 Å². The van der Waals surface area contributed by atoms with Crippen molar-refractivity contribution in [2.75, 3.05) is 13.7 Å². The maximum absolute atomic E-state index is 13.3. The second-order valence-electron chi connectivity index (χ2n) is 4.42. The number of benzene rings is 1. The van der Waals surface area contributed by atoms with Crippen molar-refractivity contribution >= 4 is 5.78 Å². The van der Waals surface area contributed by atoms with E-state index in [0.29, 0.717) is 12.4 Å². The maximum atomic E-state index is 13.3. The lowest BCUT2D eigenvalue weighted by Crippen LogP contribution is -2.27. The highest BCUT2D eigenvalue weighted by Crippen LogP contribution is 2.37. The zero-order chi connectivity index (χ0) is 13.1. The first-order chi connectivity index (χ1) is 8.67. The molecule has 1 aliphatic rings. The third-order valence-corrected chi connectivity index (χ3v) is 3.08. The van der Waals surface area contributed by atoms with E-state index in [9.17, 15) is 9.18 Å². The SMILES string of the molecule is CCOC(C(=O)c1cc(F)ccc1OC)C1CC1. The van der Waals surface area contributed by atoms with E-state index in [1.54, 1.807) is 0 Å². The number of halogens is 1. The summed E-state index contributed by atoms with van der Waals surface area (Å²) in [5.41, 5.74) is 0.267. The summed E-state index contributed by atoms with van der Waals surface area (Å²) in [4.78, 5) is 12.4. The van der Waals surface area contributed by atoms with E-state index in [1.165, 1.54) is 25.3 Å². The Balaban J connectivity index is 2.28. The summed E-state index contributed by atoms with van der Waals surface area (Å²) in [5.74, 6) is 0.0399. The van der Waals surface area contributed by atoms with Crippen molar-refractivity contribution in [2.24, 2.45) is 5.92 Å². The Morgan fingerprint density at radius 3 is 2.78 bits per heavy atom. The number of Topliss-reactive ketones (excluding diaryl/α,β-unsaturated/α-hetero) is 1. The van der Waals surface area contributed by atoms with E-state index in [1.807, 2.05) is 6.92 Å². The Morgan fingerprint density at radius 2 is 2.22 bits per heavy atom. The Kier molecular flexibility index (Phi) is 3.97. The fourth-order valence-electron chi connectivity index (χ4n) is 2.03. The number of carbonyl (C=O) groups excluding carboxylic acids is 1. The van der Waals surface area contributed by atoms with Gasteiger partial charge in [0.2, 0.25) is 0 Å². The number of rotatable bonds is 6. The number of hydrogen-bond acceptors (Lipinski definition) is 3. The summed E-state index contributed by atoms with van der Waals surface area (Å²) in [5, 5.41) is 0. The monoisotopic (exact) mass is 252 g/mol. The summed E-state index contributed by atoms with van der Waals surface area (Å²) in [6, 6.07) is 3.97. The van der Waals surface area contributed by atoms with Gasteiger partial charge in [0.1, 0.15) is 17.7 Å². The van der Waals surface area contributed by atoms with E-state index in [4.69, 9.17) is 9.47 Å². The number of ether oxygens (including phenoxy) is 2. The van der Waals surface area contributed by atoms with Crippen LogP contribution in [0.2, 0.25) is 0 Å². The molecule has 0 N–H and O–H groups in total. The average Bonchev–Trinajstić information content (AvgIpc) is 3.19. The molecule has 0 aromatic heterocycles. The minimum atomic E-state index is -0.467. The molecule has 0 radical (unpaired) electrons. The molecule has 4 heteroatoms. The largest absolute Gasteiger partial charge is 0.496 e. The van der Waals surface area contributed by atoms with E-state index in [0.717, 1.165) is 12.8 Å². The van der Waals surface area contributed by atoms with Crippen molar-refractivity contribution in [3.05, 3.63) is 29.6 Å². The van der Waals surface area contributed by atoms with E-state index < -0.39 is 11.9 Å². The molecule has 1 aromatic rings. The van der Waals surface area contributed by atoms with Crippen molar-refractivity contribution in [2.45, 2.75) is 25.9 Å². The van der Waals surface area contributed by atoms with E-state index in [-0.39, 0.29) is 17.3 Å². The van der Waals surface area contributed by atoms with Crippen LogP contribution in [-0.2, 0) is 4.74 Å². The highest BCUT2D eigenvalue weighted by Gasteiger charge is 2.38. The summed E-state index contributed by atoms with van der Waals surface area (Å²) in [7, 11) is 1.47. The molecular weight excluding hydrogens is 235 g/mol. The molecule has 1 aliphatic carbocycles. The van der Waals surface area contributed by atoms with Gasteiger partial charge >= 0.3 is 0 Å². The van der Waals surface area contributed by atoms with Gasteiger partial charge in [-0.1, -0.05) is 0 Å². The predicted molar refractivity (Wildman–Crippen MR) is 65.4 cm³/mol. The van der Waals surface area contributed by atoms with Gasteiger partial charge in [-0.3, -0.25) is 4.79 Å². The minimum Gasteiger partial charge on any atom is -0.496 e. The topological polar surface area (TPSA) is 35.5 Å². The van der Waals surface area contributed by atoms with Crippen LogP contribution in [0.15, 0.2) is 18.2 Å². The van der Waals surface area contributed by atoms with Gasteiger partial charge in [0, 0.05) is 6.61 Å². The van der Waals surface area contributed by atoms with Gasteiger partial charge in [-0.25, -0.2) is 4.39 Å². The highest BCUT2D eigenvalue weighted by atomic mass is 19.1. The van der Waals surface area contributed by atoms with Crippen LogP contribution in [0.4, 0.5) is 4.39 Å². The number of methoxy groups -OCH3 is 1. The lowest BCUT2D eigenvalue weighted by Gasteiger charge is -2.16. The van der Waals surface area contributed by atoms with Gasteiger partial charge in [0.05, 0.1) is 12.7 Å². The Labute approximate surface area is 106 Å². The van der Waals surface area contributed by atoms with E-state index >= 15 is 0 Å². The van der Waals surface area contributed by atoms with Gasteiger partial charge in [-0.2, -0.15) is 0 Å². The summed E-state index contributed by atoms with van der Waals surface area (Å²) < 4.78 is 23.9. The third kappa shape index (κ3) is 2.70. The molecule has 98 valence electrons. The smallest absolute Gasteiger partial charge is 0.195 e. The molecule has 1 unspecified atom stereocenters. The molecule has 1 fully saturated rings. The second kappa shape index (κ2) is 5.48. The average molecular weight is 252 g/mol. The lowest BCUT2D eigenvalue weighted by molar-refractivity contribution is 0.0372. The Hall–Kier alpha value is -1.42. The first-order valence-electron chi connectivity index (χ1n) is 6.16. The zero-order valence-electron chi connectivity index (χ0n) is 10.6. The van der Waals surface area contributed by atoms with Gasteiger partial charge < -0.3 is 9.47 Å². The molecule has 0 bridgehead atoms. The van der Waals surface area contributed by atoms with Crippen LogP contribution in [0.5, 0.6) is 5.75 Å². The molecule has 0 aliphatic heterocycles. The molecular formula is C14H17FO3. The molecule has 0 amide bonds. The summed E-state index contributed by atoms with van der Waals surface area (Å²) in [6.07, 6.45) is 1.52. The minimum absolute atomic E-state index is 0.185. The number of carbonyl (C=O) groups is 1. The molecule has 2 rings (SSSR count). The molecule has 1 atom stereocenters. The van der Waals surface area contributed by atoms with Gasteiger partial charge in [-0.15, -0.1) is 0 Å². The van der Waals surface area contributed by atoms with E-state index in [2.05, 4.69) is 0 Å². The number of hydrogen-bond donors (Lipinski definition) is 0. The van der Waals surface area contributed by atoms with Crippen LogP contribution in [0, 0.1) is 11.7 Å². The highest BCUT2D eigenvalue weighted by molar-refractivity contribution is 6.02. The van der Waals surface area contributed by atoms with Crippen molar-refractivity contribution in [1.82, 2.24) is 0 Å². The molecule has 0 saturated heterocycles. The molecule has 1 aromatic carbocycles.